The molecule has 2 amide bonds. The number of methoxy groups -OCH3 is 2. The van der Waals surface area contributed by atoms with Gasteiger partial charge in [0.05, 0.1) is 14.2 Å². The van der Waals surface area contributed by atoms with Crippen LogP contribution in [0.1, 0.15) is 18.4 Å². The summed E-state index contributed by atoms with van der Waals surface area (Å²) in [6.45, 7) is 0.472. The first-order valence-electron chi connectivity index (χ1n) is 6.87. The van der Waals surface area contributed by atoms with Crippen LogP contribution in [0.5, 0.6) is 11.5 Å². The summed E-state index contributed by atoms with van der Waals surface area (Å²) in [5.41, 5.74) is 0.973. The largest absolute Gasteiger partial charge is 0.493 e. The van der Waals surface area contributed by atoms with Crippen molar-refractivity contribution in [2.45, 2.75) is 19.3 Å². The summed E-state index contributed by atoms with van der Waals surface area (Å²) in [6, 6.07) is 5.56. The Balaban J connectivity index is 1.98. The Bertz CT molecular complexity index is 565. The molecule has 5 nitrogen and oxygen atoms in total. The average molecular weight is 289 g/mol. The number of imide groups is 1. The number of benzene rings is 1. The molecule has 0 atom stereocenters. The molecule has 112 valence electrons. The number of rotatable bonds is 5. The molecule has 21 heavy (non-hydrogen) atoms. The summed E-state index contributed by atoms with van der Waals surface area (Å²) in [5.74, 6) is 0.932. The van der Waals surface area contributed by atoms with Crippen molar-refractivity contribution in [1.29, 1.82) is 0 Å². The lowest BCUT2D eigenvalue weighted by molar-refractivity contribution is -0.142. The summed E-state index contributed by atoms with van der Waals surface area (Å²) in [7, 11) is 3.15. The van der Waals surface area contributed by atoms with E-state index in [2.05, 4.69) is 0 Å². The van der Waals surface area contributed by atoms with Crippen molar-refractivity contribution in [3.05, 3.63) is 35.9 Å². The first kappa shape index (κ1) is 15.1. The van der Waals surface area contributed by atoms with E-state index in [1.54, 1.807) is 20.3 Å². The Morgan fingerprint density at radius 1 is 1.24 bits per heavy atom. The molecule has 1 aliphatic heterocycles. The highest BCUT2D eigenvalue weighted by molar-refractivity contribution is 6.01. The van der Waals surface area contributed by atoms with Crippen LogP contribution in [0.4, 0.5) is 0 Å². The molecule has 1 aromatic carbocycles. The highest BCUT2D eigenvalue weighted by Gasteiger charge is 2.20. The fourth-order valence-corrected chi connectivity index (χ4v) is 2.26. The predicted molar refractivity (Wildman–Crippen MR) is 78.3 cm³/mol. The topological polar surface area (TPSA) is 55.8 Å². The van der Waals surface area contributed by atoms with Crippen molar-refractivity contribution < 1.29 is 19.1 Å². The third-order valence-electron chi connectivity index (χ3n) is 3.42. The van der Waals surface area contributed by atoms with Gasteiger partial charge in [0, 0.05) is 13.0 Å². The third-order valence-corrected chi connectivity index (χ3v) is 3.42. The van der Waals surface area contributed by atoms with Gasteiger partial charge < -0.3 is 9.47 Å². The molecular weight excluding hydrogens is 270 g/mol. The van der Waals surface area contributed by atoms with Crippen LogP contribution in [-0.2, 0) is 16.0 Å². The first-order chi connectivity index (χ1) is 10.2. The fraction of sp³-hybridized carbons (Fsp3) is 0.375. The highest BCUT2D eigenvalue weighted by atomic mass is 16.5. The lowest BCUT2D eigenvalue weighted by atomic mass is 10.1. The van der Waals surface area contributed by atoms with Gasteiger partial charge in [-0.05, 0) is 36.6 Å². The molecule has 0 spiro atoms. The van der Waals surface area contributed by atoms with Gasteiger partial charge in [-0.3, -0.25) is 14.5 Å². The van der Waals surface area contributed by atoms with Gasteiger partial charge in [-0.2, -0.15) is 0 Å². The SMILES string of the molecule is COc1ccc(CCC(=O)N2CCC=CC2=O)cc1OC. The molecule has 0 aromatic heterocycles. The Morgan fingerprint density at radius 3 is 2.67 bits per heavy atom. The zero-order valence-corrected chi connectivity index (χ0v) is 12.3. The molecule has 0 N–H and O–H groups in total. The van der Waals surface area contributed by atoms with Crippen LogP contribution < -0.4 is 9.47 Å². The Kier molecular flexibility index (Phi) is 4.98. The molecule has 0 saturated carbocycles. The fourth-order valence-electron chi connectivity index (χ4n) is 2.26. The van der Waals surface area contributed by atoms with Crippen molar-refractivity contribution in [1.82, 2.24) is 4.90 Å². The second-order valence-corrected chi connectivity index (χ2v) is 4.76. The Labute approximate surface area is 124 Å². The maximum Gasteiger partial charge on any atom is 0.252 e. The van der Waals surface area contributed by atoms with Gasteiger partial charge in [-0.15, -0.1) is 0 Å². The summed E-state index contributed by atoms with van der Waals surface area (Å²) < 4.78 is 10.4. The second kappa shape index (κ2) is 6.92. The van der Waals surface area contributed by atoms with Gasteiger partial charge in [0.25, 0.3) is 5.91 Å². The van der Waals surface area contributed by atoms with Crippen molar-refractivity contribution >= 4 is 11.8 Å². The van der Waals surface area contributed by atoms with Gasteiger partial charge in [0.1, 0.15) is 0 Å². The van der Waals surface area contributed by atoms with Crippen molar-refractivity contribution in [2.24, 2.45) is 0 Å². The molecule has 0 fully saturated rings. The lowest BCUT2D eigenvalue weighted by Gasteiger charge is -2.21. The van der Waals surface area contributed by atoms with E-state index in [1.165, 1.54) is 11.0 Å². The van der Waals surface area contributed by atoms with E-state index in [0.717, 1.165) is 12.0 Å². The van der Waals surface area contributed by atoms with Crippen LogP contribution in [0.2, 0.25) is 0 Å². The number of ether oxygens (including phenoxy) is 2. The van der Waals surface area contributed by atoms with Crippen LogP contribution in [0.3, 0.4) is 0 Å². The van der Waals surface area contributed by atoms with Crippen LogP contribution in [0.25, 0.3) is 0 Å². The standard InChI is InChI=1S/C16H19NO4/c1-20-13-8-6-12(11-14(13)21-2)7-9-16(19)17-10-4-3-5-15(17)18/h3,5-6,8,11H,4,7,9-10H2,1-2H3. The average Bonchev–Trinajstić information content (AvgIpc) is 2.52. The summed E-state index contributed by atoms with van der Waals surface area (Å²) in [4.78, 5) is 25.0. The highest BCUT2D eigenvalue weighted by Crippen LogP contribution is 2.28. The lowest BCUT2D eigenvalue weighted by Crippen LogP contribution is -2.38. The molecule has 0 unspecified atom stereocenters. The van der Waals surface area contributed by atoms with Crippen LogP contribution in [0.15, 0.2) is 30.4 Å². The molecule has 1 aliphatic rings. The molecule has 0 saturated heterocycles. The van der Waals surface area contributed by atoms with E-state index < -0.39 is 0 Å². The number of nitrogens with zero attached hydrogens (tertiary/aromatic N) is 1. The number of aryl methyl sites for hydroxylation is 1. The minimum atomic E-state index is -0.224. The number of carbonyl (C=O) groups is 2. The molecule has 1 aromatic rings. The number of hydrogen-bond acceptors (Lipinski definition) is 4. The zero-order valence-electron chi connectivity index (χ0n) is 12.3. The van der Waals surface area contributed by atoms with Crippen LogP contribution in [-0.4, -0.2) is 37.5 Å². The van der Waals surface area contributed by atoms with E-state index in [1.807, 2.05) is 18.2 Å². The number of hydrogen-bond donors (Lipinski definition) is 0. The molecule has 2 rings (SSSR count). The monoisotopic (exact) mass is 289 g/mol. The maximum atomic E-state index is 12.1. The normalized spacial score (nSPS) is 14.2. The van der Waals surface area contributed by atoms with Crippen LogP contribution >= 0.6 is 0 Å². The number of carbonyl (C=O) groups excluding carboxylic acids is 2. The summed E-state index contributed by atoms with van der Waals surface area (Å²) in [5, 5.41) is 0. The van der Waals surface area contributed by atoms with Crippen molar-refractivity contribution in [2.75, 3.05) is 20.8 Å². The Morgan fingerprint density at radius 2 is 2.00 bits per heavy atom. The van der Waals surface area contributed by atoms with E-state index in [4.69, 9.17) is 9.47 Å². The molecule has 0 radical (unpaired) electrons. The molecule has 5 heteroatoms. The smallest absolute Gasteiger partial charge is 0.252 e. The summed E-state index contributed by atoms with van der Waals surface area (Å²) in [6.07, 6.45) is 4.84. The molecule has 0 aliphatic carbocycles. The van der Waals surface area contributed by atoms with Gasteiger partial charge >= 0.3 is 0 Å². The van der Waals surface area contributed by atoms with Gasteiger partial charge in [0.2, 0.25) is 5.91 Å². The zero-order chi connectivity index (χ0) is 15.2. The van der Waals surface area contributed by atoms with Crippen molar-refractivity contribution in [3.63, 3.8) is 0 Å². The number of amides is 2. The van der Waals surface area contributed by atoms with E-state index in [0.29, 0.717) is 30.9 Å². The minimum absolute atomic E-state index is 0.140. The second-order valence-electron chi connectivity index (χ2n) is 4.76. The van der Waals surface area contributed by atoms with Gasteiger partial charge in [0.15, 0.2) is 11.5 Å². The molecule has 0 bridgehead atoms. The molecular formula is C16H19NO4. The van der Waals surface area contributed by atoms with E-state index in [9.17, 15) is 9.59 Å². The van der Waals surface area contributed by atoms with Gasteiger partial charge in [-0.25, -0.2) is 0 Å². The maximum absolute atomic E-state index is 12.1. The minimum Gasteiger partial charge on any atom is -0.493 e. The van der Waals surface area contributed by atoms with E-state index >= 15 is 0 Å². The quantitative estimate of drug-likeness (QED) is 0.831. The van der Waals surface area contributed by atoms with E-state index in [-0.39, 0.29) is 11.8 Å². The van der Waals surface area contributed by atoms with Gasteiger partial charge in [-0.1, -0.05) is 12.1 Å². The third kappa shape index (κ3) is 3.62. The van der Waals surface area contributed by atoms with Crippen LogP contribution in [0, 0.1) is 0 Å². The van der Waals surface area contributed by atoms with Crippen molar-refractivity contribution in [3.8, 4) is 11.5 Å². The first-order valence-corrected chi connectivity index (χ1v) is 6.87. The predicted octanol–water partition coefficient (Wildman–Crippen LogP) is 1.95. The summed E-state index contributed by atoms with van der Waals surface area (Å²) >= 11 is 0. The Hall–Kier alpha value is -2.30. The molecule has 1 heterocycles.